The molecule has 96 valence electrons. The van der Waals surface area contributed by atoms with Crippen LogP contribution in [-0.4, -0.2) is 33.4 Å². The summed E-state index contributed by atoms with van der Waals surface area (Å²) in [5.41, 5.74) is 0.902. The number of fused-ring (bicyclic) bond motifs is 1. The lowest BCUT2D eigenvalue weighted by atomic mass is 10.0. The van der Waals surface area contributed by atoms with Crippen LogP contribution in [-0.2, 0) is 0 Å². The average molecular weight is 246 g/mol. The van der Waals surface area contributed by atoms with Crippen LogP contribution < -0.4 is 4.90 Å². The van der Waals surface area contributed by atoms with Gasteiger partial charge >= 0.3 is 0 Å². The summed E-state index contributed by atoms with van der Waals surface area (Å²) in [5, 5.41) is 0. The van der Waals surface area contributed by atoms with Crippen LogP contribution in [0.3, 0.4) is 0 Å². The summed E-state index contributed by atoms with van der Waals surface area (Å²) in [6.07, 6.45) is 5.01. The molecule has 0 aromatic carbocycles. The molecule has 0 spiro atoms. The van der Waals surface area contributed by atoms with E-state index >= 15 is 0 Å². The summed E-state index contributed by atoms with van der Waals surface area (Å²) in [6.45, 7) is 7.95. The maximum atomic E-state index is 12.5. The SMILES string of the molecule is C/C=C1/N(C)c2cncnc2C(=O)N1C(C)(C)C. The molecule has 0 bridgehead atoms. The van der Waals surface area contributed by atoms with E-state index in [-0.39, 0.29) is 11.4 Å². The van der Waals surface area contributed by atoms with Gasteiger partial charge in [-0.05, 0) is 33.8 Å². The smallest absolute Gasteiger partial charge is 0.280 e. The number of hydrogen-bond donors (Lipinski definition) is 0. The van der Waals surface area contributed by atoms with Crippen LogP contribution in [0.15, 0.2) is 24.4 Å². The van der Waals surface area contributed by atoms with Gasteiger partial charge in [0.1, 0.15) is 12.1 Å². The second kappa shape index (κ2) is 4.08. The predicted octanol–water partition coefficient (Wildman–Crippen LogP) is 2.03. The molecule has 0 fully saturated rings. The van der Waals surface area contributed by atoms with Gasteiger partial charge in [0.2, 0.25) is 0 Å². The topological polar surface area (TPSA) is 49.3 Å². The summed E-state index contributed by atoms with van der Waals surface area (Å²) in [4.78, 5) is 24.4. The Bertz CT molecular complexity index is 516. The lowest BCUT2D eigenvalue weighted by Gasteiger charge is -2.44. The lowest BCUT2D eigenvalue weighted by Crippen LogP contribution is -2.52. The number of hydrogen-bond acceptors (Lipinski definition) is 4. The first-order valence-corrected chi connectivity index (χ1v) is 5.92. The molecule has 1 aliphatic heterocycles. The van der Waals surface area contributed by atoms with Crippen LogP contribution in [0.1, 0.15) is 38.2 Å². The molecule has 2 rings (SSSR count). The van der Waals surface area contributed by atoms with E-state index in [1.165, 1.54) is 6.33 Å². The van der Waals surface area contributed by atoms with Gasteiger partial charge in [-0.15, -0.1) is 0 Å². The zero-order valence-electron chi connectivity index (χ0n) is 11.4. The molecule has 5 heteroatoms. The van der Waals surface area contributed by atoms with Crippen LogP contribution in [0.5, 0.6) is 0 Å². The zero-order chi connectivity index (χ0) is 13.5. The molecular formula is C13H18N4O. The fourth-order valence-electron chi connectivity index (χ4n) is 2.19. The van der Waals surface area contributed by atoms with Gasteiger partial charge in [-0.25, -0.2) is 9.97 Å². The Hall–Kier alpha value is -1.91. The third-order valence-corrected chi connectivity index (χ3v) is 2.96. The minimum absolute atomic E-state index is 0.0777. The minimum atomic E-state index is -0.296. The standard InChI is InChI=1S/C13H18N4O/c1-6-10-16(5)9-7-14-8-15-11(9)12(18)17(10)13(2,3)4/h6-8H,1-5H3/b10-6-. The van der Waals surface area contributed by atoms with Gasteiger partial charge in [0.15, 0.2) is 5.69 Å². The molecule has 0 N–H and O–H groups in total. The molecule has 1 amide bonds. The molecular weight excluding hydrogens is 228 g/mol. The molecule has 0 saturated carbocycles. The van der Waals surface area contributed by atoms with Crippen molar-refractivity contribution in [3.05, 3.63) is 30.1 Å². The van der Waals surface area contributed by atoms with Crippen molar-refractivity contribution in [2.45, 2.75) is 33.2 Å². The van der Waals surface area contributed by atoms with E-state index in [1.807, 2.05) is 45.7 Å². The summed E-state index contributed by atoms with van der Waals surface area (Å²) in [6, 6.07) is 0. The summed E-state index contributed by atoms with van der Waals surface area (Å²) in [7, 11) is 1.92. The molecule has 0 aliphatic carbocycles. The number of rotatable bonds is 0. The highest BCUT2D eigenvalue weighted by Crippen LogP contribution is 2.34. The second-order valence-corrected chi connectivity index (χ2v) is 5.27. The maximum absolute atomic E-state index is 12.5. The Morgan fingerprint density at radius 2 is 2.00 bits per heavy atom. The Labute approximate surface area is 107 Å². The number of anilines is 1. The molecule has 1 aliphatic rings. The molecule has 1 aromatic heterocycles. The van der Waals surface area contributed by atoms with Crippen LogP contribution >= 0.6 is 0 Å². The van der Waals surface area contributed by atoms with E-state index in [0.29, 0.717) is 5.69 Å². The highest BCUT2D eigenvalue weighted by molar-refractivity contribution is 6.01. The Morgan fingerprint density at radius 3 is 2.56 bits per heavy atom. The van der Waals surface area contributed by atoms with E-state index in [2.05, 4.69) is 9.97 Å². The first-order valence-electron chi connectivity index (χ1n) is 5.92. The van der Waals surface area contributed by atoms with Gasteiger partial charge in [-0.2, -0.15) is 0 Å². The maximum Gasteiger partial charge on any atom is 0.280 e. The third kappa shape index (κ3) is 1.75. The van der Waals surface area contributed by atoms with Crippen LogP contribution in [0.25, 0.3) is 0 Å². The molecule has 1 aromatic rings. The van der Waals surface area contributed by atoms with Crippen molar-refractivity contribution in [2.75, 3.05) is 11.9 Å². The van der Waals surface area contributed by atoms with E-state index in [9.17, 15) is 4.79 Å². The highest BCUT2D eigenvalue weighted by atomic mass is 16.2. The van der Waals surface area contributed by atoms with Gasteiger partial charge in [-0.1, -0.05) is 0 Å². The molecule has 18 heavy (non-hydrogen) atoms. The monoisotopic (exact) mass is 246 g/mol. The third-order valence-electron chi connectivity index (χ3n) is 2.96. The van der Waals surface area contributed by atoms with Crippen molar-refractivity contribution >= 4 is 11.6 Å². The number of amides is 1. The Balaban J connectivity index is 2.64. The van der Waals surface area contributed by atoms with Crippen molar-refractivity contribution < 1.29 is 4.79 Å². The lowest BCUT2D eigenvalue weighted by molar-refractivity contribution is 0.0649. The van der Waals surface area contributed by atoms with Crippen LogP contribution in [0.2, 0.25) is 0 Å². The second-order valence-electron chi connectivity index (χ2n) is 5.27. The zero-order valence-corrected chi connectivity index (χ0v) is 11.4. The van der Waals surface area contributed by atoms with Crippen LogP contribution in [0.4, 0.5) is 5.69 Å². The van der Waals surface area contributed by atoms with Gasteiger partial charge < -0.3 is 4.90 Å². The number of carbonyl (C=O) groups is 1. The number of carbonyl (C=O) groups excluding carboxylic acids is 1. The van der Waals surface area contributed by atoms with E-state index < -0.39 is 0 Å². The highest BCUT2D eigenvalue weighted by Gasteiger charge is 2.38. The van der Waals surface area contributed by atoms with E-state index in [4.69, 9.17) is 0 Å². The van der Waals surface area contributed by atoms with Crippen molar-refractivity contribution in [2.24, 2.45) is 0 Å². The van der Waals surface area contributed by atoms with E-state index in [1.54, 1.807) is 11.1 Å². The van der Waals surface area contributed by atoms with Gasteiger partial charge in [0.05, 0.1) is 11.9 Å². The largest absolute Gasteiger partial charge is 0.328 e. The minimum Gasteiger partial charge on any atom is -0.328 e. The molecule has 0 atom stereocenters. The summed E-state index contributed by atoms with van der Waals surface area (Å²) >= 11 is 0. The first kappa shape index (κ1) is 12.5. The van der Waals surface area contributed by atoms with Crippen molar-refractivity contribution in [1.82, 2.24) is 14.9 Å². The fourth-order valence-corrected chi connectivity index (χ4v) is 2.19. The number of nitrogens with zero attached hydrogens (tertiary/aromatic N) is 4. The van der Waals surface area contributed by atoms with Crippen molar-refractivity contribution in [1.29, 1.82) is 0 Å². The number of aromatic nitrogens is 2. The fraction of sp³-hybridized carbons (Fsp3) is 0.462. The van der Waals surface area contributed by atoms with Gasteiger partial charge in [-0.3, -0.25) is 9.69 Å². The summed E-state index contributed by atoms with van der Waals surface area (Å²) in [5.74, 6) is 0.779. The average Bonchev–Trinajstić information content (AvgIpc) is 2.32. The summed E-state index contributed by atoms with van der Waals surface area (Å²) < 4.78 is 0. The predicted molar refractivity (Wildman–Crippen MR) is 70.1 cm³/mol. The Kier molecular flexibility index (Phi) is 2.84. The molecule has 2 heterocycles. The molecule has 0 saturated heterocycles. The van der Waals surface area contributed by atoms with Crippen molar-refractivity contribution in [3.63, 3.8) is 0 Å². The van der Waals surface area contributed by atoms with Crippen LogP contribution in [0, 0.1) is 0 Å². The van der Waals surface area contributed by atoms with Gasteiger partial charge in [0, 0.05) is 12.6 Å². The first-order chi connectivity index (χ1) is 8.38. The molecule has 0 radical (unpaired) electrons. The Morgan fingerprint density at radius 1 is 1.33 bits per heavy atom. The van der Waals surface area contributed by atoms with E-state index in [0.717, 1.165) is 11.5 Å². The van der Waals surface area contributed by atoms with Gasteiger partial charge in [0.25, 0.3) is 5.91 Å². The molecule has 0 unspecified atom stereocenters. The molecule has 5 nitrogen and oxygen atoms in total. The van der Waals surface area contributed by atoms with Crippen molar-refractivity contribution in [3.8, 4) is 0 Å². The normalized spacial score (nSPS) is 18.3. The number of allylic oxidation sites excluding steroid dienone is 1. The quantitative estimate of drug-likeness (QED) is 0.702.